The molecule has 21 heavy (non-hydrogen) atoms. The van der Waals surface area contributed by atoms with E-state index in [1.54, 1.807) is 13.1 Å². The molecule has 1 heterocycles. The van der Waals surface area contributed by atoms with Crippen molar-refractivity contribution in [2.24, 2.45) is 0 Å². The monoisotopic (exact) mass is 291 g/mol. The molecule has 116 valence electrons. The van der Waals surface area contributed by atoms with Crippen LogP contribution < -0.4 is 5.32 Å². The lowest BCUT2D eigenvalue weighted by atomic mass is 9.97. The van der Waals surface area contributed by atoms with Crippen LogP contribution in [0.2, 0.25) is 0 Å². The van der Waals surface area contributed by atoms with E-state index in [1.807, 2.05) is 25.2 Å². The fraction of sp³-hybridized carbons (Fsp3) is 0.625. The minimum Gasteiger partial charge on any atom is -0.480 e. The summed E-state index contributed by atoms with van der Waals surface area (Å²) in [7, 11) is 2.03. The minimum atomic E-state index is -0.819. The molecule has 5 nitrogen and oxygen atoms in total. The Kier molecular flexibility index (Phi) is 5.31. The van der Waals surface area contributed by atoms with Crippen LogP contribution in [-0.4, -0.2) is 52.7 Å². The maximum Gasteiger partial charge on any atom is 0.323 e. The zero-order chi connectivity index (χ0) is 15.3. The highest BCUT2D eigenvalue weighted by Crippen LogP contribution is 2.24. The number of aliphatic carboxylic acids is 1. The molecule has 2 rings (SSSR count). The van der Waals surface area contributed by atoms with Gasteiger partial charge in [0.15, 0.2) is 0 Å². The number of pyridine rings is 1. The zero-order valence-electron chi connectivity index (χ0n) is 12.9. The smallest absolute Gasteiger partial charge is 0.323 e. The summed E-state index contributed by atoms with van der Waals surface area (Å²) in [6, 6.07) is 6.31. The van der Waals surface area contributed by atoms with Crippen LogP contribution in [0.4, 0.5) is 0 Å². The molecule has 0 aromatic carbocycles. The number of hydrogen-bond donors (Lipinski definition) is 2. The Balaban J connectivity index is 1.76. The lowest BCUT2D eigenvalue weighted by Gasteiger charge is -2.28. The zero-order valence-corrected chi connectivity index (χ0v) is 12.9. The Hall–Kier alpha value is -1.46. The van der Waals surface area contributed by atoms with Crippen LogP contribution in [0, 0.1) is 0 Å². The molecule has 1 aromatic heterocycles. The van der Waals surface area contributed by atoms with E-state index in [4.69, 9.17) is 0 Å². The van der Waals surface area contributed by atoms with Crippen LogP contribution >= 0.6 is 0 Å². The van der Waals surface area contributed by atoms with Gasteiger partial charge < -0.3 is 10.0 Å². The van der Waals surface area contributed by atoms with Gasteiger partial charge in [-0.05, 0) is 45.4 Å². The summed E-state index contributed by atoms with van der Waals surface area (Å²) in [5.41, 5.74) is 0.252. The van der Waals surface area contributed by atoms with Gasteiger partial charge in [0.25, 0.3) is 0 Å². The fourth-order valence-electron chi connectivity index (χ4n) is 2.30. The van der Waals surface area contributed by atoms with Crippen molar-refractivity contribution in [3.05, 3.63) is 30.1 Å². The number of likely N-dealkylation sites (N-methyl/N-ethyl adjacent to an activating group) is 1. The molecule has 0 amide bonds. The van der Waals surface area contributed by atoms with Crippen LogP contribution in [-0.2, 0) is 11.2 Å². The molecule has 0 radical (unpaired) electrons. The van der Waals surface area contributed by atoms with Crippen LogP contribution in [0.15, 0.2) is 24.4 Å². The highest BCUT2D eigenvalue weighted by atomic mass is 16.4. The largest absolute Gasteiger partial charge is 0.480 e. The van der Waals surface area contributed by atoms with Crippen molar-refractivity contribution in [2.75, 3.05) is 20.1 Å². The average molecular weight is 291 g/mol. The SMILES string of the molecule is CN(CCc1ccccn1)CCC(C)(NC1CC1)C(=O)O. The van der Waals surface area contributed by atoms with Crippen LogP contribution in [0.1, 0.15) is 31.9 Å². The van der Waals surface area contributed by atoms with Crippen molar-refractivity contribution < 1.29 is 9.90 Å². The first-order valence-corrected chi connectivity index (χ1v) is 7.59. The van der Waals surface area contributed by atoms with E-state index in [0.717, 1.165) is 38.0 Å². The summed E-state index contributed by atoms with van der Waals surface area (Å²) in [6.45, 7) is 3.44. The molecule has 1 aromatic rings. The number of rotatable bonds is 9. The number of nitrogens with zero attached hydrogens (tertiary/aromatic N) is 2. The number of carbonyl (C=O) groups is 1. The molecular weight excluding hydrogens is 266 g/mol. The molecule has 0 spiro atoms. The summed E-state index contributed by atoms with van der Waals surface area (Å²) in [5, 5.41) is 12.7. The van der Waals surface area contributed by atoms with Gasteiger partial charge in [-0.3, -0.25) is 15.1 Å². The topological polar surface area (TPSA) is 65.5 Å². The van der Waals surface area contributed by atoms with Gasteiger partial charge in [0.1, 0.15) is 5.54 Å². The Labute approximate surface area is 126 Å². The van der Waals surface area contributed by atoms with E-state index in [-0.39, 0.29) is 0 Å². The van der Waals surface area contributed by atoms with E-state index >= 15 is 0 Å². The first kappa shape index (κ1) is 15.9. The highest BCUT2D eigenvalue weighted by molar-refractivity contribution is 5.78. The van der Waals surface area contributed by atoms with Crippen molar-refractivity contribution in [3.63, 3.8) is 0 Å². The van der Waals surface area contributed by atoms with Crippen molar-refractivity contribution >= 4 is 5.97 Å². The van der Waals surface area contributed by atoms with Crippen molar-refractivity contribution in [1.29, 1.82) is 0 Å². The van der Waals surface area contributed by atoms with Gasteiger partial charge in [-0.15, -0.1) is 0 Å². The molecule has 0 bridgehead atoms. The maximum absolute atomic E-state index is 11.5. The third-order valence-corrected chi connectivity index (χ3v) is 4.04. The van der Waals surface area contributed by atoms with E-state index in [2.05, 4.69) is 15.2 Å². The van der Waals surface area contributed by atoms with Gasteiger partial charge in [-0.2, -0.15) is 0 Å². The van der Waals surface area contributed by atoms with Gasteiger partial charge in [-0.1, -0.05) is 6.07 Å². The number of carboxylic acids is 1. The maximum atomic E-state index is 11.5. The van der Waals surface area contributed by atoms with E-state index in [0.29, 0.717) is 12.5 Å². The molecular formula is C16H25N3O2. The molecule has 1 atom stereocenters. The number of nitrogens with one attached hydrogen (secondary N) is 1. The molecule has 0 aliphatic heterocycles. The third-order valence-electron chi connectivity index (χ3n) is 4.04. The minimum absolute atomic E-state index is 0.393. The number of carboxylic acid groups (broad SMARTS) is 1. The quantitative estimate of drug-likeness (QED) is 0.722. The summed E-state index contributed by atoms with van der Waals surface area (Å²) < 4.78 is 0. The number of aromatic nitrogens is 1. The van der Waals surface area contributed by atoms with Crippen LogP contribution in [0.5, 0.6) is 0 Å². The van der Waals surface area contributed by atoms with Crippen LogP contribution in [0.25, 0.3) is 0 Å². The molecule has 1 aliphatic carbocycles. The van der Waals surface area contributed by atoms with Crippen LogP contribution in [0.3, 0.4) is 0 Å². The lowest BCUT2D eigenvalue weighted by molar-refractivity contribution is -0.144. The second-order valence-corrected chi connectivity index (χ2v) is 6.18. The first-order chi connectivity index (χ1) is 9.99. The second-order valence-electron chi connectivity index (χ2n) is 6.18. The molecule has 0 saturated heterocycles. The normalized spacial score (nSPS) is 17.7. The molecule has 1 aliphatic rings. The lowest BCUT2D eigenvalue weighted by Crippen LogP contribution is -2.52. The summed E-state index contributed by atoms with van der Waals surface area (Å²) >= 11 is 0. The van der Waals surface area contributed by atoms with Crippen molar-refractivity contribution in [3.8, 4) is 0 Å². The number of hydrogen-bond acceptors (Lipinski definition) is 4. The Morgan fingerprint density at radius 1 is 1.48 bits per heavy atom. The van der Waals surface area contributed by atoms with Gasteiger partial charge >= 0.3 is 5.97 Å². The molecule has 1 saturated carbocycles. The summed E-state index contributed by atoms with van der Waals surface area (Å²) in [5.74, 6) is -0.757. The van der Waals surface area contributed by atoms with Gasteiger partial charge in [0.2, 0.25) is 0 Å². The average Bonchev–Trinajstić information content (AvgIpc) is 3.27. The summed E-state index contributed by atoms with van der Waals surface area (Å²) in [4.78, 5) is 18.0. The predicted octanol–water partition coefficient (Wildman–Crippen LogP) is 1.54. The van der Waals surface area contributed by atoms with E-state index < -0.39 is 11.5 Å². The Morgan fingerprint density at radius 3 is 2.81 bits per heavy atom. The van der Waals surface area contributed by atoms with Crippen molar-refractivity contribution in [1.82, 2.24) is 15.2 Å². The van der Waals surface area contributed by atoms with Crippen molar-refractivity contribution in [2.45, 2.75) is 44.2 Å². The standard InChI is InChI=1S/C16H25N3O2/c1-16(15(20)21,18-14-6-7-14)9-12-19(2)11-8-13-5-3-4-10-17-13/h3-5,10,14,18H,6-9,11-12H2,1-2H3,(H,20,21). The highest BCUT2D eigenvalue weighted by Gasteiger charge is 2.38. The van der Waals surface area contributed by atoms with E-state index in [1.165, 1.54) is 0 Å². The van der Waals surface area contributed by atoms with Gasteiger partial charge in [0.05, 0.1) is 0 Å². The molecule has 5 heteroatoms. The molecule has 2 N–H and O–H groups in total. The predicted molar refractivity (Wildman–Crippen MR) is 82.3 cm³/mol. The summed E-state index contributed by atoms with van der Waals surface area (Å²) in [6.07, 6.45) is 5.49. The molecule has 1 unspecified atom stereocenters. The third kappa shape index (κ3) is 5.10. The van der Waals surface area contributed by atoms with Gasteiger partial charge in [-0.25, -0.2) is 0 Å². The first-order valence-electron chi connectivity index (χ1n) is 7.59. The Bertz CT molecular complexity index is 462. The second kappa shape index (κ2) is 7.00. The molecule has 1 fully saturated rings. The Morgan fingerprint density at radius 2 is 2.24 bits per heavy atom. The van der Waals surface area contributed by atoms with Gasteiger partial charge in [0, 0.05) is 37.4 Å². The fourth-order valence-corrected chi connectivity index (χ4v) is 2.30. The van der Waals surface area contributed by atoms with E-state index in [9.17, 15) is 9.90 Å².